The predicted molar refractivity (Wildman–Crippen MR) is 82.4 cm³/mol. The summed E-state index contributed by atoms with van der Waals surface area (Å²) in [5.41, 5.74) is 6.41. The predicted octanol–water partition coefficient (Wildman–Crippen LogP) is 1.71. The number of carbonyl (C=O) groups is 2. The van der Waals surface area contributed by atoms with Gasteiger partial charge in [0, 0.05) is 11.6 Å². The topological polar surface area (TPSA) is 81.4 Å². The zero-order valence-corrected chi connectivity index (χ0v) is 12.6. The van der Waals surface area contributed by atoms with Crippen molar-refractivity contribution < 1.29 is 14.3 Å². The van der Waals surface area contributed by atoms with Crippen molar-refractivity contribution in [2.75, 3.05) is 6.61 Å². The normalized spacial score (nSPS) is 27.4. The number of hydrogen-bond acceptors (Lipinski definition) is 3. The SMILES string of the molecule is NC(=O)[C@@H]1CCCC[C@H]1NC(=O)[C@@H]1CCOc2ccccc21. The van der Waals surface area contributed by atoms with Gasteiger partial charge in [-0.3, -0.25) is 9.59 Å². The van der Waals surface area contributed by atoms with E-state index < -0.39 is 0 Å². The van der Waals surface area contributed by atoms with Gasteiger partial charge < -0.3 is 15.8 Å². The van der Waals surface area contributed by atoms with E-state index in [4.69, 9.17) is 10.5 Å². The van der Waals surface area contributed by atoms with Crippen molar-refractivity contribution in [1.29, 1.82) is 0 Å². The number of fused-ring (bicyclic) bond motifs is 1. The molecule has 1 aromatic carbocycles. The maximum atomic E-state index is 12.7. The van der Waals surface area contributed by atoms with Gasteiger partial charge in [-0.05, 0) is 25.3 Å². The second kappa shape index (κ2) is 6.38. The van der Waals surface area contributed by atoms with E-state index in [1.807, 2.05) is 24.3 Å². The number of para-hydroxylation sites is 1. The molecule has 2 aliphatic rings. The minimum Gasteiger partial charge on any atom is -0.493 e. The summed E-state index contributed by atoms with van der Waals surface area (Å²) >= 11 is 0. The summed E-state index contributed by atoms with van der Waals surface area (Å²) in [6, 6.07) is 7.52. The van der Waals surface area contributed by atoms with Crippen molar-refractivity contribution in [2.45, 2.75) is 44.1 Å². The average molecular weight is 302 g/mol. The van der Waals surface area contributed by atoms with Gasteiger partial charge in [0.2, 0.25) is 11.8 Å². The van der Waals surface area contributed by atoms with E-state index in [1.54, 1.807) is 0 Å². The van der Waals surface area contributed by atoms with Crippen molar-refractivity contribution in [3.05, 3.63) is 29.8 Å². The van der Waals surface area contributed by atoms with Crippen LogP contribution in [0.4, 0.5) is 0 Å². The lowest BCUT2D eigenvalue weighted by molar-refractivity contribution is -0.127. The lowest BCUT2D eigenvalue weighted by Gasteiger charge is -2.32. The lowest BCUT2D eigenvalue weighted by atomic mass is 9.83. The van der Waals surface area contributed by atoms with Crippen LogP contribution >= 0.6 is 0 Å². The number of nitrogens with two attached hydrogens (primary N) is 1. The van der Waals surface area contributed by atoms with Crippen LogP contribution in [0.3, 0.4) is 0 Å². The quantitative estimate of drug-likeness (QED) is 0.892. The Hall–Kier alpha value is -2.04. The molecule has 1 aliphatic heterocycles. The zero-order chi connectivity index (χ0) is 15.5. The Morgan fingerprint density at radius 3 is 2.73 bits per heavy atom. The van der Waals surface area contributed by atoms with Crippen molar-refractivity contribution in [1.82, 2.24) is 5.32 Å². The molecule has 1 heterocycles. The Bertz CT molecular complexity index is 573. The first-order chi connectivity index (χ1) is 10.7. The van der Waals surface area contributed by atoms with Crippen molar-refractivity contribution >= 4 is 11.8 Å². The molecule has 1 aromatic rings. The first-order valence-corrected chi connectivity index (χ1v) is 7.98. The van der Waals surface area contributed by atoms with Gasteiger partial charge in [0.25, 0.3) is 0 Å². The Balaban J connectivity index is 1.73. The summed E-state index contributed by atoms with van der Waals surface area (Å²) in [6.07, 6.45) is 4.28. The van der Waals surface area contributed by atoms with Crippen LogP contribution in [0.5, 0.6) is 5.75 Å². The van der Waals surface area contributed by atoms with Crippen LogP contribution in [0.25, 0.3) is 0 Å². The molecular formula is C17H22N2O3. The molecule has 0 saturated heterocycles. The molecule has 22 heavy (non-hydrogen) atoms. The fourth-order valence-electron chi connectivity index (χ4n) is 3.54. The molecule has 1 fully saturated rings. The number of primary amides is 1. The van der Waals surface area contributed by atoms with Gasteiger partial charge in [0.05, 0.1) is 18.4 Å². The van der Waals surface area contributed by atoms with Crippen molar-refractivity contribution in [3.8, 4) is 5.75 Å². The van der Waals surface area contributed by atoms with Crippen LogP contribution in [0, 0.1) is 5.92 Å². The number of rotatable bonds is 3. The first-order valence-electron chi connectivity index (χ1n) is 7.98. The third kappa shape index (κ3) is 2.93. The summed E-state index contributed by atoms with van der Waals surface area (Å²) in [5, 5.41) is 3.07. The first kappa shape index (κ1) is 14.9. The van der Waals surface area contributed by atoms with Gasteiger partial charge in [-0.25, -0.2) is 0 Å². The maximum Gasteiger partial charge on any atom is 0.228 e. The smallest absolute Gasteiger partial charge is 0.228 e. The van der Waals surface area contributed by atoms with Gasteiger partial charge in [-0.2, -0.15) is 0 Å². The van der Waals surface area contributed by atoms with E-state index in [0.717, 1.165) is 37.0 Å². The molecule has 0 radical (unpaired) electrons. The van der Waals surface area contributed by atoms with Crippen molar-refractivity contribution in [3.63, 3.8) is 0 Å². The molecule has 0 aromatic heterocycles. The van der Waals surface area contributed by atoms with Gasteiger partial charge >= 0.3 is 0 Å². The molecule has 3 atom stereocenters. The Morgan fingerprint density at radius 2 is 1.91 bits per heavy atom. The minimum atomic E-state index is -0.308. The van der Waals surface area contributed by atoms with Crippen LogP contribution < -0.4 is 15.8 Å². The third-order valence-electron chi connectivity index (χ3n) is 4.73. The highest BCUT2D eigenvalue weighted by molar-refractivity contribution is 5.86. The van der Waals surface area contributed by atoms with E-state index in [2.05, 4.69) is 5.32 Å². The highest BCUT2D eigenvalue weighted by atomic mass is 16.5. The second-order valence-electron chi connectivity index (χ2n) is 6.14. The molecule has 0 unspecified atom stereocenters. The van der Waals surface area contributed by atoms with Crippen LogP contribution in [-0.2, 0) is 9.59 Å². The molecule has 5 heteroatoms. The van der Waals surface area contributed by atoms with E-state index in [1.165, 1.54) is 0 Å². The largest absolute Gasteiger partial charge is 0.493 e. The number of hydrogen-bond donors (Lipinski definition) is 2. The Morgan fingerprint density at radius 1 is 1.14 bits per heavy atom. The lowest BCUT2D eigenvalue weighted by Crippen LogP contribution is -2.48. The van der Waals surface area contributed by atoms with E-state index in [-0.39, 0.29) is 29.7 Å². The number of nitrogens with one attached hydrogen (secondary N) is 1. The van der Waals surface area contributed by atoms with Gasteiger partial charge in [-0.15, -0.1) is 0 Å². The molecule has 0 bridgehead atoms. The van der Waals surface area contributed by atoms with Gasteiger partial charge in [-0.1, -0.05) is 31.0 Å². The molecule has 2 amide bonds. The number of ether oxygens (including phenoxy) is 1. The van der Waals surface area contributed by atoms with Crippen LogP contribution in [0.2, 0.25) is 0 Å². The number of carbonyl (C=O) groups excluding carboxylic acids is 2. The number of amides is 2. The Labute approximate surface area is 130 Å². The van der Waals surface area contributed by atoms with E-state index >= 15 is 0 Å². The van der Waals surface area contributed by atoms with Crippen LogP contribution in [-0.4, -0.2) is 24.5 Å². The summed E-state index contributed by atoms with van der Waals surface area (Å²) in [5.74, 6) is 0.00320. The van der Waals surface area contributed by atoms with Gasteiger partial charge in [0.15, 0.2) is 0 Å². The molecule has 118 valence electrons. The maximum absolute atomic E-state index is 12.7. The Kier molecular flexibility index (Phi) is 4.32. The summed E-state index contributed by atoms with van der Waals surface area (Å²) in [6.45, 7) is 0.541. The molecule has 1 saturated carbocycles. The average Bonchev–Trinajstić information content (AvgIpc) is 2.54. The molecule has 0 spiro atoms. The van der Waals surface area contributed by atoms with Crippen LogP contribution in [0.15, 0.2) is 24.3 Å². The summed E-state index contributed by atoms with van der Waals surface area (Å²) in [4.78, 5) is 24.3. The molecule has 3 N–H and O–H groups in total. The van der Waals surface area contributed by atoms with E-state index in [9.17, 15) is 9.59 Å². The zero-order valence-electron chi connectivity index (χ0n) is 12.6. The molecule has 5 nitrogen and oxygen atoms in total. The second-order valence-corrected chi connectivity index (χ2v) is 6.14. The summed E-state index contributed by atoms with van der Waals surface area (Å²) in [7, 11) is 0. The summed E-state index contributed by atoms with van der Waals surface area (Å²) < 4.78 is 5.60. The van der Waals surface area contributed by atoms with Gasteiger partial charge in [0.1, 0.15) is 5.75 Å². The molecule has 3 rings (SSSR count). The third-order valence-corrected chi connectivity index (χ3v) is 4.73. The fraction of sp³-hybridized carbons (Fsp3) is 0.529. The molecular weight excluding hydrogens is 280 g/mol. The highest BCUT2D eigenvalue weighted by Crippen LogP contribution is 2.34. The fourth-order valence-corrected chi connectivity index (χ4v) is 3.54. The monoisotopic (exact) mass is 302 g/mol. The standard InChI is InChI=1S/C17H22N2O3/c18-16(20)13-6-1-3-7-14(13)19-17(21)12-9-10-22-15-8-4-2-5-11(12)15/h2,4-5,8,12-14H,1,3,6-7,9-10H2,(H2,18,20)(H,19,21)/t12-,13-,14-/m1/s1. The highest BCUT2D eigenvalue weighted by Gasteiger charge is 2.34. The minimum absolute atomic E-state index is 0.0195. The molecule has 1 aliphatic carbocycles. The van der Waals surface area contributed by atoms with E-state index in [0.29, 0.717) is 13.0 Å². The van der Waals surface area contributed by atoms with Crippen LogP contribution in [0.1, 0.15) is 43.6 Å². The number of benzene rings is 1. The van der Waals surface area contributed by atoms with Crippen molar-refractivity contribution in [2.24, 2.45) is 11.7 Å².